The van der Waals surface area contributed by atoms with E-state index in [4.69, 9.17) is 0 Å². The van der Waals surface area contributed by atoms with Crippen LogP contribution in [0.4, 0.5) is 11.4 Å². The first-order valence-electron chi connectivity index (χ1n) is 22.7. The van der Waals surface area contributed by atoms with Crippen LogP contribution >= 0.6 is 0 Å². The zero-order valence-corrected chi connectivity index (χ0v) is 35.7. The molecule has 1 aliphatic heterocycles. The Morgan fingerprint density at radius 2 is 0.937 bits per heavy atom. The van der Waals surface area contributed by atoms with Gasteiger partial charge < -0.3 is 4.90 Å². The van der Waals surface area contributed by atoms with Gasteiger partial charge >= 0.3 is 0 Å². The standard InChI is InChI=1S/C61H46N2/c1-60-32-10-11-33-61(60,2)63(43-30-34-62-35-31-43)57-29-24-42(36-56(57)60)53-38-55(47-23-13-19-40-17-7-9-21-45(40)47)51-27-25-48-52(41-14-4-3-5-15-41)37-54(50-28-26-49(53)59(51)58(48)50)46-22-12-18-39-16-6-8-20-44(39)46/h3-9,12-31,34-38H,10-11,32-33H2,1-2H3. The molecular formula is C61H46N2. The highest BCUT2D eigenvalue weighted by Gasteiger charge is 2.57. The minimum absolute atomic E-state index is 0.0138. The van der Waals surface area contributed by atoms with Gasteiger partial charge in [0, 0.05) is 29.2 Å². The molecule has 0 spiro atoms. The molecule has 1 aromatic heterocycles. The van der Waals surface area contributed by atoms with Gasteiger partial charge in [0.1, 0.15) is 0 Å². The van der Waals surface area contributed by atoms with Gasteiger partial charge in [-0.2, -0.15) is 0 Å². The van der Waals surface area contributed by atoms with Crippen molar-refractivity contribution in [1.82, 2.24) is 4.98 Å². The smallest absolute Gasteiger partial charge is 0.0517 e. The van der Waals surface area contributed by atoms with E-state index in [1.165, 1.54) is 135 Å². The molecule has 13 rings (SSSR count). The van der Waals surface area contributed by atoms with Gasteiger partial charge in [-0.25, -0.2) is 0 Å². The van der Waals surface area contributed by atoms with Crippen LogP contribution in [0.5, 0.6) is 0 Å². The lowest BCUT2D eigenvalue weighted by Gasteiger charge is -2.50. The Balaban J connectivity index is 1.16. The molecule has 2 heteroatoms. The van der Waals surface area contributed by atoms with E-state index in [-0.39, 0.29) is 11.0 Å². The predicted octanol–water partition coefficient (Wildman–Crippen LogP) is 16.7. The fourth-order valence-electron chi connectivity index (χ4n) is 12.3. The second-order valence-electron chi connectivity index (χ2n) is 18.5. The second-order valence-corrected chi connectivity index (χ2v) is 18.5. The number of anilines is 2. The zero-order chi connectivity index (χ0) is 41.9. The molecule has 1 saturated carbocycles. The topological polar surface area (TPSA) is 16.1 Å². The molecule has 1 aliphatic carbocycles. The molecule has 0 bridgehead atoms. The third-order valence-electron chi connectivity index (χ3n) is 15.5. The maximum Gasteiger partial charge on any atom is 0.0517 e. The Bertz CT molecular complexity index is 3600. The number of hydrogen-bond donors (Lipinski definition) is 0. The first kappa shape index (κ1) is 36.4. The van der Waals surface area contributed by atoms with Crippen LogP contribution in [0, 0.1) is 0 Å². The molecule has 2 nitrogen and oxygen atoms in total. The minimum atomic E-state index is -0.0455. The lowest BCUT2D eigenvalue weighted by atomic mass is 9.61. The molecule has 2 unspecified atom stereocenters. The van der Waals surface area contributed by atoms with Crippen LogP contribution in [0.15, 0.2) is 194 Å². The van der Waals surface area contributed by atoms with Crippen molar-refractivity contribution in [3.05, 3.63) is 200 Å². The molecule has 2 atom stereocenters. The van der Waals surface area contributed by atoms with Gasteiger partial charge in [-0.1, -0.05) is 165 Å². The van der Waals surface area contributed by atoms with E-state index in [1.807, 2.05) is 12.4 Å². The number of benzene rings is 10. The molecule has 0 saturated heterocycles. The monoisotopic (exact) mass is 806 g/mol. The van der Waals surface area contributed by atoms with Crippen molar-refractivity contribution < 1.29 is 0 Å². The summed E-state index contributed by atoms with van der Waals surface area (Å²) in [5.41, 5.74) is 14.1. The Hall–Kier alpha value is -7.29. The van der Waals surface area contributed by atoms with Crippen molar-refractivity contribution in [2.24, 2.45) is 0 Å². The largest absolute Gasteiger partial charge is 0.334 e. The van der Waals surface area contributed by atoms with Crippen LogP contribution in [0.2, 0.25) is 0 Å². The highest BCUT2D eigenvalue weighted by atomic mass is 15.3. The van der Waals surface area contributed by atoms with E-state index in [2.05, 4.69) is 206 Å². The van der Waals surface area contributed by atoms with Gasteiger partial charge in [-0.3, -0.25) is 4.98 Å². The van der Waals surface area contributed by atoms with Gasteiger partial charge in [-0.15, -0.1) is 0 Å². The van der Waals surface area contributed by atoms with Crippen LogP contribution in [0.3, 0.4) is 0 Å². The molecule has 11 aromatic rings. The van der Waals surface area contributed by atoms with Crippen molar-refractivity contribution in [1.29, 1.82) is 0 Å². The molecule has 0 amide bonds. The van der Waals surface area contributed by atoms with E-state index in [0.29, 0.717) is 0 Å². The number of rotatable bonds is 5. The first-order chi connectivity index (χ1) is 31.0. The molecule has 300 valence electrons. The fourth-order valence-corrected chi connectivity index (χ4v) is 12.3. The van der Waals surface area contributed by atoms with Crippen molar-refractivity contribution in [3.8, 4) is 44.5 Å². The minimum Gasteiger partial charge on any atom is -0.334 e. The van der Waals surface area contributed by atoms with E-state index in [1.54, 1.807) is 0 Å². The lowest BCUT2D eigenvalue weighted by molar-refractivity contribution is 0.195. The molecule has 10 aromatic carbocycles. The van der Waals surface area contributed by atoms with Crippen LogP contribution in [0.25, 0.3) is 98.4 Å². The lowest BCUT2D eigenvalue weighted by Crippen LogP contribution is -2.54. The molecular weight excluding hydrogens is 761 g/mol. The summed E-state index contributed by atoms with van der Waals surface area (Å²) in [7, 11) is 0. The average Bonchev–Trinajstić information content (AvgIpc) is 3.55. The number of hydrogen-bond acceptors (Lipinski definition) is 2. The summed E-state index contributed by atoms with van der Waals surface area (Å²) >= 11 is 0. The second kappa shape index (κ2) is 13.6. The third kappa shape index (κ3) is 5.16. The maximum atomic E-state index is 4.42. The number of aromatic nitrogens is 1. The summed E-state index contributed by atoms with van der Waals surface area (Å²) in [4.78, 5) is 7.07. The summed E-state index contributed by atoms with van der Waals surface area (Å²) in [6.45, 7) is 5.06. The Morgan fingerprint density at radius 1 is 0.413 bits per heavy atom. The Morgan fingerprint density at radius 3 is 1.56 bits per heavy atom. The molecule has 2 aliphatic rings. The summed E-state index contributed by atoms with van der Waals surface area (Å²) < 4.78 is 0. The van der Waals surface area contributed by atoms with Gasteiger partial charge in [0.15, 0.2) is 0 Å². The number of fused-ring (bicyclic) bond motifs is 5. The molecule has 1 fully saturated rings. The van der Waals surface area contributed by atoms with Crippen LogP contribution in [0.1, 0.15) is 45.1 Å². The van der Waals surface area contributed by atoms with Gasteiger partial charge in [0.25, 0.3) is 0 Å². The van der Waals surface area contributed by atoms with Crippen molar-refractivity contribution >= 4 is 65.2 Å². The fraction of sp³-hybridized carbons (Fsp3) is 0.131. The highest BCUT2D eigenvalue weighted by molar-refractivity contribution is 6.32. The number of nitrogens with zero attached hydrogens (tertiary/aromatic N) is 2. The van der Waals surface area contributed by atoms with Crippen LogP contribution in [-0.4, -0.2) is 10.5 Å². The van der Waals surface area contributed by atoms with Crippen molar-refractivity contribution in [3.63, 3.8) is 0 Å². The van der Waals surface area contributed by atoms with E-state index in [0.717, 1.165) is 6.42 Å². The first-order valence-corrected chi connectivity index (χ1v) is 22.7. The summed E-state index contributed by atoms with van der Waals surface area (Å²) in [6.07, 6.45) is 8.69. The van der Waals surface area contributed by atoms with Gasteiger partial charge in [-0.05, 0) is 160 Å². The van der Waals surface area contributed by atoms with Gasteiger partial charge in [0.2, 0.25) is 0 Å². The van der Waals surface area contributed by atoms with E-state index in [9.17, 15) is 0 Å². The predicted molar refractivity (Wildman–Crippen MR) is 268 cm³/mol. The quantitative estimate of drug-likeness (QED) is 0.161. The molecule has 0 N–H and O–H groups in total. The Kier molecular flexibility index (Phi) is 7.85. The van der Waals surface area contributed by atoms with Crippen LogP contribution < -0.4 is 4.90 Å². The van der Waals surface area contributed by atoms with Crippen molar-refractivity contribution in [2.75, 3.05) is 4.90 Å². The zero-order valence-electron chi connectivity index (χ0n) is 35.7. The SMILES string of the molecule is CC12CCCCC1(C)N(c1ccncc1)c1ccc(-c3cc(-c4cccc5ccccc45)c4ccc5c(-c6ccccc6)cc(-c6cccc7ccccc67)c6ccc3c4c56)cc12. The van der Waals surface area contributed by atoms with E-state index < -0.39 is 0 Å². The van der Waals surface area contributed by atoms with E-state index >= 15 is 0 Å². The third-order valence-corrected chi connectivity index (χ3v) is 15.5. The average molecular weight is 807 g/mol. The molecule has 0 radical (unpaired) electrons. The summed E-state index contributed by atoms with van der Waals surface area (Å²) in [6, 6.07) is 68.8. The normalized spacial score (nSPS) is 18.5. The van der Waals surface area contributed by atoms with Gasteiger partial charge in [0.05, 0.1) is 5.54 Å². The number of pyridine rings is 1. The Labute approximate surface area is 368 Å². The molecule has 2 heterocycles. The maximum absolute atomic E-state index is 4.42. The highest BCUT2D eigenvalue weighted by Crippen LogP contribution is 2.61. The van der Waals surface area contributed by atoms with Crippen molar-refractivity contribution in [2.45, 2.75) is 50.5 Å². The van der Waals surface area contributed by atoms with Crippen LogP contribution in [-0.2, 0) is 5.41 Å². The molecule has 63 heavy (non-hydrogen) atoms. The summed E-state index contributed by atoms with van der Waals surface area (Å²) in [5.74, 6) is 0. The summed E-state index contributed by atoms with van der Waals surface area (Å²) in [5, 5.41) is 12.9.